The molecule has 0 aromatic heterocycles. The van der Waals surface area contributed by atoms with Gasteiger partial charge in [-0.2, -0.15) is 16.8 Å². The van der Waals surface area contributed by atoms with Crippen LogP contribution in [-0.4, -0.2) is 35.0 Å². The highest BCUT2D eigenvalue weighted by atomic mass is 32.3. The van der Waals surface area contributed by atoms with Crippen molar-refractivity contribution >= 4 is 31.6 Å². The molecule has 166 valence electrons. The zero-order valence-electron chi connectivity index (χ0n) is 16.4. The molecule has 0 bridgehead atoms. The number of unbranched alkanes of at least 4 members (excludes halogenated alkanes) is 6. The lowest BCUT2D eigenvalue weighted by Crippen LogP contribution is -1.89. The lowest BCUT2D eigenvalue weighted by Gasteiger charge is -2.06. The van der Waals surface area contributed by atoms with E-state index in [9.17, 15) is 0 Å². The fraction of sp³-hybridized carbons (Fsp3) is 0.474. The minimum Gasteiger partial charge on any atom is -0.264 e. The molecule has 2 rings (SSSR count). The summed E-state index contributed by atoms with van der Waals surface area (Å²) in [7, 11) is -9.33. The Hall–Kier alpha value is -1.56. The molecule has 0 fully saturated rings. The third kappa shape index (κ3) is 19.5. The SMILES string of the molecule is CCCCCCCCCc1cccc2ccccc12.O=S(=O)(O)O.O=S(=O)(O)O. The Bertz CT molecular complexity index is 857. The average Bonchev–Trinajstić information content (AvgIpc) is 2.58. The second kappa shape index (κ2) is 14.4. The van der Waals surface area contributed by atoms with Crippen LogP contribution in [0.1, 0.15) is 57.4 Å². The molecule has 2 aromatic rings. The molecular weight excluding hydrogens is 420 g/mol. The van der Waals surface area contributed by atoms with Crippen LogP contribution < -0.4 is 0 Å². The number of hydrogen-bond donors (Lipinski definition) is 4. The van der Waals surface area contributed by atoms with Crippen LogP contribution in [0.15, 0.2) is 42.5 Å². The van der Waals surface area contributed by atoms with Crippen molar-refractivity contribution in [2.24, 2.45) is 0 Å². The summed E-state index contributed by atoms with van der Waals surface area (Å²) in [6.07, 6.45) is 10.9. The van der Waals surface area contributed by atoms with Gasteiger partial charge < -0.3 is 0 Å². The molecule has 8 nitrogen and oxygen atoms in total. The Morgan fingerprint density at radius 2 is 1.10 bits per heavy atom. The molecule has 0 aliphatic carbocycles. The van der Waals surface area contributed by atoms with E-state index in [1.54, 1.807) is 0 Å². The van der Waals surface area contributed by atoms with E-state index >= 15 is 0 Å². The first kappa shape index (κ1) is 27.4. The van der Waals surface area contributed by atoms with Gasteiger partial charge in [0.1, 0.15) is 0 Å². The molecule has 0 aliphatic heterocycles. The molecule has 0 unspecified atom stereocenters. The van der Waals surface area contributed by atoms with Gasteiger partial charge in [-0.05, 0) is 29.2 Å². The standard InChI is InChI=1S/C19H26.2H2O4S/c1-2-3-4-5-6-7-8-12-17-14-11-15-18-13-9-10-16-19(17)18;2*1-5(2,3)4/h9-11,13-16H,2-8,12H2,1H3;2*(H2,1,2,3,4). The number of hydrogen-bond acceptors (Lipinski definition) is 4. The second-order valence-electron chi connectivity index (χ2n) is 6.41. The topological polar surface area (TPSA) is 149 Å². The lowest BCUT2D eigenvalue weighted by molar-refractivity contribution is 0.378. The maximum atomic E-state index is 8.74. The highest BCUT2D eigenvalue weighted by Gasteiger charge is 2.00. The van der Waals surface area contributed by atoms with Gasteiger partial charge in [0.2, 0.25) is 0 Å². The Labute approximate surface area is 173 Å². The first-order chi connectivity index (χ1) is 13.4. The summed E-state index contributed by atoms with van der Waals surface area (Å²) in [5.74, 6) is 0. The Morgan fingerprint density at radius 3 is 1.66 bits per heavy atom. The van der Waals surface area contributed by atoms with E-state index in [-0.39, 0.29) is 0 Å². The van der Waals surface area contributed by atoms with Crippen molar-refractivity contribution in [3.05, 3.63) is 48.0 Å². The number of fused-ring (bicyclic) bond motifs is 1. The molecule has 0 atom stereocenters. The van der Waals surface area contributed by atoms with Crippen LogP contribution in [0.5, 0.6) is 0 Å². The van der Waals surface area contributed by atoms with Crippen molar-refractivity contribution in [3.8, 4) is 0 Å². The maximum absolute atomic E-state index is 8.74. The number of aryl methyl sites for hydroxylation is 1. The van der Waals surface area contributed by atoms with E-state index in [2.05, 4.69) is 49.4 Å². The summed E-state index contributed by atoms with van der Waals surface area (Å²) < 4.78 is 63.2. The van der Waals surface area contributed by atoms with E-state index in [1.165, 1.54) is 67.7 Å². The summed E-state index contributed by atoms with van der Waals surface area (Å²) in [5.41, 5.74) is 1.52. The van der Waals surface area contributed by atoms with Gasteiger partial charge in [-0.15, -0.1) is 0 Å². The molecule has 2 aromatic carbocycles. The van der Waals surface area contributed by atoms with Gasteiger partial charge in [0.05, 0.1) is 0 Å². The third-order valence-corrected chi connectivity index (χ3v) is 3.93. The van der Waals surface area contributed by atoms with Crippen molar-refractivity contribution in [3.63, 3.8) is 0 Å². The van der Waals surface area contributed by atoms with Crippen molar-refractivity contribution in [2.45, 2.75) is 58.3 Å². The summed E-state index contributed by atoms with van der Waals surface area (Å²) in [6, 6.07) is 15.4. The van der Waals surface area contributed by atoms with Gasteiger partial charge in [0.15, 0.2) is 0 Å². The van der Waals surface area contributed by atoms with E-state index in [1.807, 2.05) is 0 Å². The van der Waals surface area contributed by atoms with Gasteiger partial charge in [0, 0.05) is 0 Å². The fourth-order valence-electron chi connectivity index (χ4n) is 2.78. The molecule has 0 radical (unpaired) electrons. The molecular formula is C19H30O8S2. The van der Waals surface area contributed by atoms with Crippen LogP contribution in [-0.2, 0) is 27.2 Å². The highest BCUT2D eigenvalue weighted by Crippen LogP contribution is 2.20. The van der Waals surface area contributed by atoms with Gasteiger partial charge in [-0.1, -0.05) is 87.9 Å². The minimum absolute atomic E-state index is 1.23. The zero-order chi connectivity index (χ0) is 22.3. The average molecular weight is 451 g/mol. The van der Waals surface area contributed by atoms with Crippen LogP contribution in [0.25, 0.3) is 10.8 Å². The highest BCUT2D eigenvalue weighted by molar-refractivity contribution is 7.80. The minimum atomic E-state index is -4.67. The summed E-state index contributed by atoms with van der Waals surface area (Å²) in [6.45, 7) is 2.28. The molecule has 4 N–H and O–H groups in total. The predicted octanol–water partition coefficient (Wildman–Crippen LogP) is 4.83. The molecule has 29 heavy (non-hydrogen) atoms. The van der Waals surface area contributed by atoms with Crippen molar-refractivity contribution in [2.75, 3.05) is 0 Å². The smallest absolute Gasteiger partial charge is 0.264 e. The molecule has 0 heterocycles. The lowest BCUT2D eigenvalue weighted by atomic mass is 9.99. The first-order valence-corrected chi connectivity index (χ1v) is 12.1. The molecule has 0 saturated carbocycles. The molecule has 0 spiro atoms. The molecule has 10 heteroatoms. The largest absolute Gasteiger partial charge is 0.394 e. The molecule has 0 saturated heterocycles. The number of rotatable bonds is 8. The van der Waals surface area contributed by atoms with E-state index in [4.69, 9.17) is 35.0 Å². The number of benzene rings is 2. The van der Waals surface area contributed by atoms with E-state index < -0.39 is 20.8 Å². The predicted molar refractivity (Wildman–Crippen MR) is 114 cm³/mol. The Balaban J connectivity index is 0.000000653. The van der Waals surface area contributed by atoms with Crippen molar-refractivity contribution < 1.29 is 35.0 Å². The van der Waals surface area contributed by atoms with Crippen LogP contribution >= 0.6 is 0 Å². The Kier molecular flexibility index (Phi) is 13.7. The van der Waals surface area contributed by atoms with Gasteiger partial charge >= 0.3 is 20.8 Å². The zero-order valence-corrected chi connectivity index (χ0v) is 18.1. The van der Waals surface area contributed by atoms with E-state index in [0.717, 1.165) is 0 Å². The normalized spacial score (nSPS) is 11.2. The molecule has 0 amide bonds. The molecule has 0 aliphatic rings. The quantitative estimate of drug-likeness (QED) is 0.330. The van der Waals surface area contributed by atoms with Gasteiger partial charge in [0.25, 0.3) is 0 Å². The van der Waals surface area contributed by atoms with Crippen LogP contribution in [0, 0.1) is 0 Å². The first-order valence-electron chi connectivity index (χ1n) is 9.28. The van der Waals surface area contributed by atoms with Gasteiger partial charge in [-0.3, -0.25) is 18.2 Å². The van der Waals surface area contributed by atoms with Crippen molar-refractivity contribution in [1.29, 1.82) is 0 Å². The maximum Gasteiger partial charge on any atom is 0.394 e. The monoisotopic (exact) mass is 450 g/mol. The summed E-state index contributed by atoms with van der Waals surface area (Å²) in [4.78, 5) is 0. The summed E-state index contributed by atoms with van der Waals surface area (Å²) in [5, 5.41) is 2.82. The Morgan fingerprint density at radius 1 is 0.655 bits per heavy atom. The van der Waals surface area contributed by atoms with Crippen LogP contribution in [0.2, 0.25) is 0 Å². The summed E-state index contributed by atoms with van der Waals surface area (Å²) >= 11 is 0. The second-order valence-corrected chi connectivity index (χ2v) is 8.20. The van der Waals surface area contributed by atoms with Crippen LogP contribution in [0.4, 0.5) is 0 Å². The van der Waals surface area contributed by atoms with Crippen molar-refractivity contribution in [1.82, 2.24) is 0 Å². The van der Waals surface area contributed by atoms with Crippen LogP contribution in [0.3, 0.4) is 0 Å². The fourth-order valence-corrected chi connectivity index (χ4v) is 2.78. The van der Waals surface area contributed by atoms with E-state index in [0.29, 0.717) is 0 Å². The third-order valence-electron chi connectivity index (χ3n) is 3.93. The van der Waals surface area contributed by atoms with Gasteiger partial charge in [-0.25, -0.2) is 0 Å².